The fourth-order valence-corrected chi connectivity index (χ4v) is 2.38. The van der Waals surface area contributed by atoms with Crippen molar-refractivity contribution in [2.75, 3.05) is 6.54 Å². The lowest BCUT2D eigenvalue weighted by Crippen LogP contribution is -2.24. The van der Waals surface area contributed by atoms with Crippen LogP contribution in [-0.4, -0.2) is 28.4 Å². The van der Waals surface area contributed by atoms with Gasteiger partial charge in [-0.3, -0.25) is 9.78 Å². The Kier molecular flexibility index (Phi) is 5.22. The van der Waals surface area contributed by atoms with Crippen LogP contribution in [0.3, 0.4) is 0 Å². The van der Waals surface area contributed by atoms with Crippen LogP contribution in [0, 0.1) is 0 Å². The molecule has 0 unspecified atom stereocenters. The number of nitrogens with one attached hydrogen (secondary N) is 1. The lowest BCUT2D eigenvalue weighted by Gasteiger charge is -2.03. The summed E-state index contributed by atoms with van der Waals surface area (Å²) in [7, 11) is 0. The number of nitrogens with two attached hydrogens (primary N) is 2. The molecule has 0 aromatic carbocycles. The summed E-state index contributed by atoms with van der Waals surface area (Å²) in [5, 5.41) is 5.29. The van der Waals surface area contributed by atoms with Gasteiger partial charge in [0.15, 0.2) is 5.96 Å². The summed E-state index contributed by atoms with van der Waals surface area (Å²) in [4.78, 5) is 23.8. The van der Waals surface area contributed by atoms with Crippen molar-refractivity contribution in [1.29, 1.82) is 0 Å². The number of rotatable bonds is 6. The van der Waals surface area contributed by atoms with Gasteiger partial charge in [-0.1, -0.05) is 0 Å². The van der Waals surface area contributed by atoms with Gasteiger partial charge in [-0.2, -0.15) is 4.99 Å². The molecule has 0 fully saturated rings. The Balaban J connectivity index is 1.74. The quantitative estimate of drug-likeness (QED) is 0.414. The van der Waals surface area contributed by atoms with Crippen LogP contribution in [0.5, 0.6) is 0 Å². The molecule has 2 aromatic heterocycles. The molecule has 7 nitrogen and oxygen atoms in total. The highest BCUT2D eigenvalue weighted by molar-refractivity contribution is 7.13. The minimum absolute atomic E-state index is 0.000339. The lowest BCUT2D eigenvalue weighted by molar-refractivity contribution is 0.0953. The molecule has 21 heavy (non-hydrogen) atoms. The molecule has 2 heterocycles. The second-order valence-electron chi connectivity index (χ2n) is 4.26. The highest BCUT2D eigenvalue weighted by Gasteiger charge is 2.05. The molecule has 1 amide bonds. The Bertz CT molecular complexity index is 621. The molecule has 8 heteroatoms. The molecular formula is C13H16N6OS. The smallest absolute Gasteiger partial charge is 0.252 e. The van der Waals surface area contributed by atoms with E-state index < -0.39 is 0 Å². The average Bonchev–Trinajstić information content (AvgIpc) is 2.91. The molecule has 0 bridgehead atoms. The number of nitrogens with zero attached hydrogens (tertiary/aromatic N) is 3. The predicted molar refractivity (Wildman–Crippen MR) is 82.5 cm³/mol. The summed E-state index contributed by atoms with van der Waals surface area (Å²) in [6.45, 7) is 0.572. The number of aliphatic imine (C=N–C) groups is 1. The number of carbonyl (C=O) groups is 1. The molecule has 0 spiro atoms. The zero-order chi connectivity index (χ0) is 15.1. The molecule has 0 saturated carbocycles. The molecule has 0 radical (unpaired) electrons. The van der Waals surface area contributed by atoms with E-state index in [2.05, 4.69) is 20.3 Å². The Hall–Kier alpha value is -2.48. The highest BCUT2D eigenvalue weighted by Crippen LogP contribution is 2.19. The normalized spacial score (nSPS) is 10.1. The van der Waals surface area contributed by atoms with E-state index in [9.17, 15) is 4.79 Å². The fourth-order valence-electron chi connectivity index (χ4n) is 1.64. The Morgan fingerprint density at radius 2 is 2.29 bits per heavy atom. The van der Waals surface area contributed by atoms with Gasteiger partial charge < -0.3 is 16.8 Å². The van der Waals surface area contributed by atoms with E-state index in [-0.39, 0.29) is 11.9 Å². The first-order valence-corrected chi connectivity index (χ1v) is 7.25. The third-order valence-corrected chi connectivity index (χ3v) is 3.37. The fraction of sp³-hybridized carbons (Fsp3) is 0.231. The topological polar surface area (TPSA) is 119 Å². The van der Waals surface area contributed by atoms with E-state index in [4.69, 9.17) is 11.5 Å². The van der Waals surface area contributed by atoms with Crippen molar-refractivity contribution < 1.29 is 4.79 Å². The van der Waals surface area contributed by atoms with Crippen LogP contribution >= 0.6 is 11.3 Å². The summed E-state index contributed by atoms with van der Waals surface area (Å²) < 4.78 is 0. The summed E-state index contributed by atoms with van der Waals surface area (Å²) in [5.74, 6) is -0.123. The Labute approximate surface area is 126 Å². The first kappa shape index (κ1) is 14.9. The minimum Gasteiger partial charge on any atom is -0.370 e. The number of thiazole rings is 1. The van der Waals surface area contributed by atoms with Crippen molar-refractivity contribution in [2.24, 2.45) is 16.5 Å². The van der Waals surface area contributed by atoms with Crippen molar-refractivity contribution >= 4 is 28.3 Å². The SMILES string of the molecule is NC(N)=Nc1nc(CCCNC(=O)c2cccnc2)cs1. The maximum atomic E-state index is 11.8. The predicted octanol–water partition coefficient (Wildman–Crippen LogP) is 0.806. The number of aryl methyl sites for hydroxylation is 1. The number of hydrogen-bond donors (Lipinski definition) is 3. The van der Waals surface area contributed by atoms with Crippen molar-refractivity contribution in [2.45, 2.75) is 12.8 Å². The van der Waals surface area contributed by atoms with Crippen LogP contribution in [0.15, 0.2) is 34.9 Å². The van der Waals surface area contributed by atoms with Crippen molar-refractivity contribution in [3.63, 3.8) is 0 Å². The van der Waals surface area contributed by atoms with E-state index in [1.54, 1.807) is 18.3 Å². The first-order valence-electron chi connectivity index (χ1n) is 6.37. The van der Waals surface area contributed by atoms with E-state index in [1.165, 1.54) is 17.5 Å². The van der Waals surface area contributed by atoms with Crippen molar-refractivity contribution in [3.8, 4) is 0 Å². The molecule has 0 aliphatic heterocycles. The highest BCUT2D eigenvalue weighted by atomic mass is 32.1. The summed E-state index contributed by atoms with van der Waals surface area (Å²) >= 11 is 1.38. The molecule has 0 atom stereocenters. The molecule has 5 N–H and O–H groups in total. The van der Waals surface area contributed by atoms with Gasteiger partial charge in [0.1, 0.15) is 0 Å². The third-order valence-electron chi connectivity index (χ3n) is 2.58. The van der Waals surface area contributed by atoms with E-state index in [0.29, 0.717) is 17.2 Å². The van der Waals surface area contributed by atoms with Gasteiger partial charge in [0.25, 0.3) is 5.91 Å². The Morgan fingerprint density at radius 3 is 3.00 bits per heavy atom. The average molecular weight is 304 g/mol. The standard InChI is InChI=1S/C13H16N6OS/c14-12(15)19-13-18-10(8-21-13)4-2-6-17-11(20)9-3-1-5-16-7-9/h1,3,5,7-8H,2,4,6H2,(H,17,20)(H4,14,15,18,19). The number of carbonyl (C=O) groups excluding carboxylic acids is 1. The van der Waals surface area contributed by atoms with Crippen LogP contribution in [0.1, 0.15) is 22.5 Å². The summed E-state index contributed by atoms with van der Waals surface area (Å²) in [6, 6.07) is 3.46. The number of guanidine groups is 1. The molecule has 2 rings (SSSR count). The monoisotopic (exact) mass is 304 g/mol. The number of amides is 1. The van der Waals surface area contributed by atoms with Gasteiger partial charge in [-0.15, -0.1) is 11.3 Å². The Morgan fingerprint density at radius 1 is 1.43 bits per heavy atom. The van der Waals surface area contributed by atoms with Crippen LogP contribution in [-0.2, 0) is 6.42 Å². The van der Waals surface area contributed by atoms with E-state index in [1.807, 2.05) is 5.38 Å². The first-order chi connectivity index (χ1) is 10.1. The van der Waals surface area contributed by atoms with Crippen LogP contribution < -0.4 is 16.8 Å². The molecule has 0 aliphatic rings. The van der Waals surface area contributed by atoms with E-state index in [0.717, 1.165) is 18.5 Å². The largest absolute Gasteiger partial charge is 0.370 e. The van der Waals surface area contributed by atoms with Crippen LogP contribution in [0.2, 0.25) is 0 Å². The number of hydrogen-bond acceptors (Lipinski definition) is 5. The van der Waals surface area contributed by atoms with Gasteiger partial charge in [-0.05, 0) is 25.0 Å². The third kappa shape index (κ3) is 4.84. The molecule has 0 aliphatic carbocycles. The van der Waals surface area contributed by atoms with Gasteiger partial charge >= 0.3 is 0 Å². The second-order valence-corrected chi connectivity index (χ2v) is 5.10. The molecular weight excluding hydrogens is 288 g/mol. The van der Waals surface area contributed by atoms with Crippen molar-refractivity contribution in [3.05, 3.63) is 41.2 Å². The van der Waals surface area contributed by atoms with Gasteiger partial charge in [0.05, 0.1) is 11.3 Å². The van der Waals surface area contributed by atoms with E-state index >= 15 is 0 Å². The minimum atomic E-state index is -0.123. The van der Waals surface area contributed by atoms with Gasteiger partial charge in [-0.25, -0.2) is 4.98 Å². The second kappa shape index (κ2) is 7.34. The summed E-state index contributed by atoms with van der Waals surface area (Å²) in [5.41, 5.74) is 12.0. The van der Waals surface area contributed by atoms with Crippen LogP contribution in [0.25, 0.3) is 0 Å². The zero-order valence-corrected chi connectivity index (χ0v) is 12.1. The van der Waals surface area contributed by atoms with Crippen LogP contribution in [0.4, 0.5) is 5.13 Å². The lowest BCUT2D eigenvalue weighted by atomic mass is 10.2. The maximum Gasteiger partial charge on any atom is 0.252 e. The maximum absolute atomic E-state index is 11.8. The van der Waals surface area contributed by atoms with Gasteiger partial charge in [0.2, 0.25) is 5.13 Å². The molecule has 0 saturated heterocycles. The zero-order valence-electron chi connectivity index (χ0n) is 11.3. The van der Waals surface area contributed by atoms with Crippen molar-refractivity contribution in [1.82, 2.24) is 15.3 Å². The summed E-state index contributed by atoms with van der Waals surface area (Å²) in [6.07, 6.45) is 4.71. The number of pyridine rings is 1. The molecule has 2 aromatic rings. The van der Waals surface area contributed by atoms with Gasteiger partial charge in [0, 0.05) is 24.3 Å². The number of aromatic nitrogens is 2. The molecule has 110 valence electrons.